The van der Waals surface area contributed by atoms with Crippen molar-refractivity contribution in [2.24, 2.45) is 0 Å². The number of nitrogens with zero attached hydrogens (tertiary/aromatic N) is 2. The van der Waals surface area contributed by atoms with E-state index in [9.17, 15) is 4.79 Å². The molecular formula is C26H21N3OS. The van der Waals surface area contributed by atoms with Crippen molar-refractivity contribution in [1.29, 1.82) is 0 Å². The average Bonchev–Trinajstić information content (AvgIpc) is 3.22. The van der Waals surface area contributed by atoms with Crippen LogP contribution in [0.25, 0.3) is 32.2 Å². The second kappa shape index (κ2) is 8.28. The summed E-state index contributed by atoms with van der Waals surface area (Å²) in [7, 11) is 0. The maximum absolute atomic E-state index is 12.9. The number of rotatable bonds is 5. The molecule has 0 saturated carbocycles. The molecule has 0 unspecified atom stereocenters. The Hall–Kier alpha value is -3.57. The first kappa shape index (κ1) is 19.4. The van der Waals surface area contributed by atoms with Gasteiger partial charge < -0.3 is 5.32 Å². The van der Waals surface area contributed by atoms with E-state index in [1.165, 1.54) is 0 Å². The monoisotopic (exact) mass is 423 g/mol. The van der Waals surface area contributed by atoms with Crippen LogP contribution in [0.3, 0.4) is 0 Å². The van der Waals surface area contributed by atoms with Crippen molar-refractivity contribution in [1.82, 2.24) is 15.3 Å². The molecule has 0 bridgehead atoms. The van der Waals surface area contributed by atoms with Crippen molar-refractivity contribution >= 4 is 38.4 Å². The second-order valence-electron chi connectivity index (χ2n) is 7.46. The van der Waals surface area contributed by atoms with Crippen molar-refractivity contribution in [3.8, 4) is 11.1 Å². The van der Waals surface area contributed by atoms with E-state index in [0.29, 0.717) is 6.54 Å². The van der Waals surface area contributed by atoms with Gasteiger partial charge in [0.2, 0.25) is 5.91 Å². The van der Waals surface area contributed by atoms with Crippen LogP contribution in [-0.4, -0.2) is 15.9 Å². The Morgan fingerprint density at radius 2 is 1.58 bits per heavy atom. The van der Waals surface area contributed by atoms with E-state index in [0.717, 1.165) is 48.5 Å². The van der Waals surface area contributed by atoms with E-state index in [-0.39, 0.29) is 12.3 Å². The molecule has 31 heavy (non-hydrogen) atoms. The fourth-order valence-corrected chi connectivity index (χ4v) is 4.82. The number of aromatic nitrogens is 2. The molecule has 0 aliphatic rings. The van der Waals surface area contributed by atoms with E-state index in [1.54, 1.807) is 11.3 Å². The summed E-state index contributed by atoms with van der Waals surface area (Å²) < 4.78 is 1.13. The Morgan fingerprint density at radius 1 is 0.871 bits per heavy atom. The number of benzene rings is 3. The molecule has 2 heterocycles. The highest BCUT2D eigenvalue weighted by molar-refractivity contribution is 7.18. The first-order valence-corrected chi connectivity index (χ1v) is 11.1. The average molecular weight is 424 g/mol. The summed E-state index contributed by atoms with van der Waals surface area (Å²) in [4.78, 5) is 22.3. The van der Waals surface area contributed by atoms with Crippen molar-refractivity contribution < 1.29 is 4.79 Å². The molecule has 0 aliphatic heterocycles. The Kier molecular flexibility index (Phi) is 5.18. The van der Waals surface area contributed by atoms with Gasteiger partial charge in [0.15, 0.2) is 0 Å². The normalized spacial score (nSPS) is 11.1. The minimum absolute atomic E-state index is 0.0309. The summed E-state index contributed by atoms with van der Waals surface area (Å²) in [5, 5.41) is 5.02. The fourth-order valence-electron chi connectivity index (χ4n) is 3.92. The molecule has 1 N–H and O–H groups in total. The molecule has 0 spiro atoms. The lowest BCUT2D eigenvalue weighted by Crippen LogP contribution is -2.25. The number of hydrogen-bond acceptors (Lipinski definition) is 4. The maximum Gasteiger partial charge on any atom is 0.224 e. The molecule has 3 aromatic carbocycles. The summed E-state index contributed by atoms with van der Waals surface area (Å²) >= 11 is 1.61. The zero-order valence-corrected chi connectivity index (χ0v) is 17.9. The highest BCUT2D eigenvalue weighted by Crippen LogP contribution is 2.33. The number of thiazole rings is 1. The molecule has 0 saturated heterocycles. The van der Waals surface area contributed by atoms with Gasteiger partial charge in [-0.2, -0.15) is 0 Å². The molecule has 5 aromatic rings. The van der Waals surface area contributed by atoms with Gasteiger partial charge in [-0.15, -0.1) is 11.3 Å². The topological polar surface area (TPSA) is 54.9 Å². The predicted molar refractivity (Wildman–Crippen MR) is 127 cm³/mol. The Morgan fingerprint density at radius 3 is 2.39 bits per heavy atom. The second-order valence-corrected chi connectivity index (χ2v) is 8.58. The lowest BCUT2D eigenvalue weighted by molar-refractivity contribution is -0.120. The van der Waals surface area contributed by atoms with Gasteiger partial charge in [0.05, 0.1) is 28.7 Å². The van der Waals surface area contributed by atoms with Crippen molar-refractivity contribution in [2.45, 2.75) is 19.9 Å². The van der Waals surface area contributed by atoms with Gasteiger partial charge in [-0.1, -0.05) is 60.7 Å². The highest BCUT2D eigenvalue weighted by atomic mass is 32.1. The third-order valence-corrected chi connectivity index (χ3v) is 6.41. The lowest BCUT2D eigenvalue weighted by atomic mass is 9.92. The van der Waals surface area contributed by atoms with Crippen LogP contribution in [0.15, 0.2) is 78.9 Å². The number of carbonyl (C=O) groups is 1. The minimum Gasteiger partial charge on any atom is -0.349 e. The molecule has 4 nitrogen and oxygen atoms in total. The van der Waals surface area contributed by atoms with Crippen LogP contribution in [0.5, 0.6) is 0 Å². The third kappa shape index (κ3) is 3.92. The molecule has 0 aliphatic carbocycles. The van der Waals surface area contributed by atoms with Crippen LogP contribution in [0, 0.1) is 6.92 Å². The van der Waals surface area contributed by atoms with Crippen LogP contribution in [-0.2, 0) is 17.8 Å². The molecule has 152 valence electrons. The molecule has 0 radical (unpaired) electrons. The number of aryl methyl sites for hydroxylation is 1. The van der Waals surface area contributed by atoms with Gasteiger partial charge in [0.25, 0.3) is 0 Å². The summed E-state index contributed by atoms with van der Waals surface area (Å²) in [5.41, 5.74) is 5.94. The quantitative estimate of drug-likeness (QED) is 0.396. The maximum atomic E-state index is 12.9. The van der Waals surface area contributed by atoms with Gasteiger partial charge in [0, 0.05) is 11.1 Å². The van der Waals surface area contributed by atoms with Gasteiger partial charge >= 0.3 is 0 Å². The number of nitrogens with one attached hydrogen (secondary N) is 1. The Bertz CT molecular complexity index is 1360. The summed E-state index contributed by atoms with van der Waals surface area (Å²) in [6.07, 6.45) is 0.277. The number of pyridine rings is 1. The highest BCUT2D eigenvalue weighted by Gasteiger charge is 2.17. The van der Waals surface area contributed by atoms with E-state index in [2.05, 4.69) is 34.6 Å². The van der Waals surface area contributed by atoms with E-state index in [1.807, 2.05) is 61.5 Å². The van der Waals surface area contributed by atoms with Crippen LogP contribution in [0.2, 0.25) is 0 Å². The molecule has 2 aromatic heterocycles. The van der Waals surface area contributed by atoms with E-state index < -0.39 is 0 Å². The SMILES string of the molecule is Cc1nc2ccccc2c(-c2ccccc2)c1CC(=O)NCc1nc2ccccc2s1. The summed E-state index contributed by atoms with van der Waals surface area (Å²) in [6.45, 7) is 2.41. The number of para-hydroxylation sites is 2. The number of amides is 1. The minimum atomic E-state index is -0.0309. The lowest BCUT2D eigenvalue weighted by Gasteiger charge is -2.16. The van der Waals surface area contributed by atoms with Crippen LogP contribution in [0.1, 0.15) is 16.3 Å². The van der Waals surface area contributed by atoms with Crippen molar-refractivity contribution in [3.05, 3.63) is 95.1 Å². The van der Waals surface area contributed by atoms with Gasteiger partial charge in [-0.25, -0.2) is 4.98 Å². The molecule has 0 fully saturated rings. The fraction of sp³-hybridized carbons (Fsp3) is 0.115. The number of fused-ring (bicyclic) bond motifs is 2. The first-order chi connectivity index (χ1) is 15.2. The Balaban J connectivity index is 1.45. The zero-order valence-electron chi connectivity index (χ0n) is 17.1. The zero-order chi connectivity index (χ0) is 21.2. The molecule has 0 atom stereocenters. The van der Waals surface area contributed by atoms with Gasteiger partial charge in [0.1, 0.15) is 5.01 Å². The number of hydrogen-bond donors (Lipinski definition) is 1. The van der Waals surface area contributed by atoms with Crippen LogP contribution >= 0.6 is 11.3 Å². The Labute approximate surface area is 184 Å². The predicted octanol–water partition coefficient (Wildman–Crippen LogP) is 5.68. The third-order valence-electron chi connectivity index (χ3n) is 5.37. The smallest absolute Gasteiger partial charge is 0.224 e. The first-order valence-electron chi connectivity index (χ1n) is 10.2. The molecule has 5 rings (SSSR count). The van der Waals surface area contributed by atoms with Gasteiger partial charge in [-0.05, 0) is 41.8 Å². The molecule has 1 amide bonds. The van der Waals surface area contributed by atoms with Gasteiger partial charge in [-0.3, -0.25) is 9.78 Å². The van der Waals surface area contributed by atoms with E-state index >= 15 is 0 Å². The largest absolute Gasteiger partial charge is 0.349 e. The van der Waals surface area contributed by atoms with Crippen LogP contribution < -0.4 is 5.32 Å². The van der Waals surface area contributed by atoms with Crippen molar-refractivity contribution in [2.75, 3.05) is 0 Å². The molecular weight excluding hydrogens is 402 g/mol. The van der Waals surface area contributed by atoms with Crippen LogP contribution in [0.4, 0.5) is 0 Å². The number of carbonyl (C=O) groups excluding carboxylic acids is 1. The standard InChI is InChI=1S/C26H21N3OS/c1-17-20(15-24(30)27-16-25-29-22-13-7-8-14-23(22)31-25)26(18-9-3-2-4-10-18)19-11-5-6-12-21(19)28-17/h2-14H,15-16H2,1H3,(H,27,30). The summed E-state index contributed by atoms with van der Waals surface area (Å²) in [5.74, 6) is -0.0309. The van der Waals surface area contributed by atoms with Crippen molar-refractivity contribution in [3.63, 3.8) is 0 Å². The molecule has 5 heteroatoms. The van der Waals surface area contributed by atoms with E-state index in [4.69, 9.17) is 4.98 Å². The summed E-state index contributed by atoms with van der Waals surface area (Å²) in [6, 6.07) is 26.4.